The highest BCUT2D eigenvalue weighted by atomic mass is 79.9. The maximum Gasteiger partial charge on any atom is 0.405 e. The Morgan fingerprint density at radius 1 is 0.642 bits per heavy atom. The second-order valence-electron chi connectivity index (χ2n) is 13.8. The number of nitrogens with one attached hydrogen (secondary N) is 2. The number of hydrogen-bond donors (Lipinski definition) is 2. The lowest BCUT2D eigenvalue weighted by Crippen LogP contribution is -2.34. The standard InChI is InChI=1S/C22H20F3N5O3.C11H11BrF3NO3.C11H10N4.H2/c1-29-11-15(9-28-29)13-4-5-30-16(10-26-19(30)8-13)14-6-17(32-2)20(18(7-14)33-3)21(31)27-12-22(23,24)25;1-18-7-3-6(12)4-8(19-2)9(7)10(17)16-5-11(13,14)15;1-14-8-10(7-13-14)9-2-4-15-5-3-12-11(15)6-9;/h4-11H,12H2,1-3H3,(H,27,31);3-4H,5H2,1-2H3,(H,16,17);2-8H,1H3;1H/i2D3,3D3;1D3,2D3;;. The summed E-state index contributed by atoms with van der Waals surface area (Å²) in [5.41, 5.74) is 4.08. The van der Waals surface area contributed by atoms with E-state index in [1.54, 1.807) is 63.0 Å². The maximum atomic E-state index is 12.7. The lowest BCUT2D eigenvalue weighted by atomic mass is 10.1. The van der Waals surface area contributed by atoms with Gasteiger partial charge < -0.3 is 34.0 Å². The van der Waals surface area contributed by atoms with Crippen molar-refractivity contribution in [3.63, 3.8) is 0 Å². The Bertz CT molecular complexity index is 3390. The molecule has 0 atom stereocenters. The largest absolute Gasteiger partial charge is 0.496 e. The predicted molar refractivity (Wildman–Crippen MR) is 239 cm³/mol. The number of carbonyl (C=O) groups is 2. The quantitative estimate of drug-likeness (QED) is 0.120. The molecule has 0 aliphatic rings. The number of fused-ring (bicyclic) bond motifs is 2. The number of rotatable bonds is 11. The fourth-order valence-corrected chi connectivity index (χ4v) is 6.62. The van der Waals surface area contributed by atoms with Gasteiger partial charge in [0, 0.05) is 73.9 Å². The highest BCUT2D eigenvalue weighted by Gasteiger charge is 2.31. The van der Waals surface area contributed by atoms with Gasteiger partial charge in [0.2, 0.25) is 0 Å². The van der Waals surface area contributed by atoms with Gasteiger partial charge in [-0.05, 0) is 59.7 Å². The van der Waals surface area contributed by atoms with Crippen LogP contribution in [0.25, 0.3) is 44.8 Å². The number of pyridine rings is 2. The average Bonchev–Trinajstić information content (AvgIpc) is 4.14. The number of methoxy groups -OCH3 is 4. The van der Waals surface area contributed by atoms with E-state index in [1.165, 1.54) is 11.5 Å². The lowest BCUT2D eigenvalue weighted by molar-refractivity contribution is -0.123. The molecule has 354 valence electrons. The van der Waals surface area contributed by atoms with E-state index in [0.717, 1.165) is 52.2 Å². The van der Waals surface area contributed by atoms with E-state index in [0.29, 0.717) is 11.3 Å². The van der Waals surface area contributed by atoms with Gasteiger partial charge in [-0.2, -0.15) is 36.5 Å². The van der Waals surface area contributed by atoms with E-state index < -0.39 is 99.5 Å². The Morgan fingerprint density at radius 3 is 1.58 bits per heavy atom. The number of nitrogens with zero attached hydrogens (tertiary/aromatic N) is 8. The van der Waals surface area contributed by atoms with Crippen LogP contribution in [0.1, 0.15) is 38.6 Å². The number of aryl methyl sites for hydroxylation is 2. The first-order chi connectivity index (χ1) is 36.4. The van der Waals surface area contributed by atoms with E-state index in [2.05, 4.69) is 57.7 Å². The number of carbonyl (C=O) groups excluding carboxylic acids is 2. The Morgan fingerprint density at radius 2 is 1.12 bits per heavy atom. The molecule has 23 heteroatoms. The summed E-state index contributed by atoms with van der Waals surface area (Å²) in [5, 5.41) is 11.4. The van der Waals surface area contributed by atoms with Crippen molar-refractivity contribution in [2.24, 2.45) is 14.1 Å². The maximum absolute atomic E-state index is 12.7. The summed E-state index contributed by atoms with van der Waals surface area (Å²) in [6.07, 6.45) is 6.57. The molecule has 2 amide bonds. The molecule has 2 N–H and O–H groups in total. The Labute approximate surface area is 404 Å². The molecule has 0 unspecified atom stereocenters. The molecule has 0 aliphatic carbocycles. The molecule has 0 saturated carbocycles. The van der Waals surface area contributed by atoms with Gasteiger partial charge in [0.25, 0.3) is 11.8 Å². The number of amides is 2. The van der Waals surface area contributed by atoms with Crippen LogP contribution < -0.4 is 29.6 Å². The molecule has 2 aromatic carbocycles. The molecule has 0 saturated heterocycles. The molecule has 67 heavy (non-hydrogen) atoms. The number of hydrogen-bond acceptors (Lipinski definition) is 10. The molecule has 8 rings (SSSR count). The van der Waals surface area contributed by atoms with Crippen molar-refractivity contribution < 1.29 is 72.8 Å². The summed E-state index contributed by atoms with van der Waals surface area (Å²) in [7, 11) is -8.70. The third-order valence-corrected chi connectivity index (χ3v) is 9.63. The van der Waals surface area contributed by atoms with Crippen molar-refractivity contribution in [1.82, 2.24) is 49.0 Å². The summed E-state index contributed by atoms with van der Waals surface area (Å²) >= 11 is 2.94. The summed E-state index contributed by atoms with van der Waals surface area (Å²) in [5.74, 6) is -5.64. The van der Waals surface area contributed by atoms with E-state index in [-0.39, 0.29) is 11.5 Å². The molecule has 0 spiro atoms. The Balaban J connectivity index is 0.000000244. The van der Waals surface area contributed by atoms with Crippen molar-refractivity contribution in [2.75, 3.05) is 41.2 Å². The topological polar surface area (TPSA) is 165 Å². The predicted octanol–water partition coefficient (Wildman–Crippen LogP) is 8.45. The van der Waals surface area contributed by atoms with Crippen LogP contribution >= 0.6 is 15.9 Å². The van der Waals surface area contributed by atoms with Crippen molar-refractivity contribution in [1.29, 1.82) is 0 Å². The number of imidazole rings is 2. The number of benzene rings is 2. The van der Waals surface area contributed by atoms with Crippen LogP contribution in [0.4, 0.5) is 26.3 Å². The molecule has 0 fully saturated rings. The molecular formula is C44H43BrF6N10O6. The molecule has 16 nitrogen and oxygen atoms in total. The van der Waals surface area contributed by atoms with Gasteiger partial charge >= 0.3 is 12.4 Å². The van der Waals surface area contributed by atoms with Gasteiger partial charge in [0.1, 0.15) is 58.5 Å². The second kappa shape index (κ2) is 20.7. The molecule has 0 bridgehead atoms. The molecule has 0 radical (unpaired) electrons. The Kier molecular flexibility index (Phi) is 10.7. The summed E-state index contributed by atoms with van der Waals surface area (Å²) < 4.78 is 188. The third kappa shape index (κ3) is 12.2. The van der Waals surface area contributed by atoms with Gasteiger partial charge in [-0.15, -0.1) is 0 Å². The van der Waals surface area contributed by atoms with Crippen molar-refractivity contribution in [3.8, 4) is 56.5 Å². The number of ether oxygens (including phenoxy) is 4. The SMILES string of the molecule is Cn1cc(-c2ccn3ccnc3c2)cn1.[2H]C([2H])([2H])Oc1cc(-c2cnc3cc(-c4cnn(C)c4)ccn23)cc(OC([2H])([2H])[2H])c1C(=O)NCC(F)(F)F.[2H]C([2H])([2H])Oc1cc(Br)cc(OC([2H])([2H])[2H])c1C(=O)NCC(F)(F)F.[HH]. The highest BCUT2D eigenvalue weighted by Crippen LogP contribution is 2.36. The van der Waals surface area contributed by atoms with Crippen LogP contribution in [-0.2, 0) is 14.1 Å². The second-order valence-corrected chi connectivity index (χ2v) is 14.7. The van der Waals surface area contributed by atoms with E-state index >= 15 is 0 Å². The minimum absolute atomic E-state index is 0. The monoisotopic (exact) mass is 1010 g/mol. The first kappa shape index (κ1) is 34.7. The number of halogens is 7. The zero-order valence-electron chi connectivity index (χ0n) is 46.4. The van der Waals surface area contributed by atoms with Crippen molar-refractivity contribution in [2.45, 2.75) is 12.4 Å². The summed E-state index contributed by atoms with van der Waals surface area (Å²) in [6.45, 7) is -3.48. The highest BCUT2D eigenvalue weighted by molar-refractivity contribution is 9.10. The molecular weight excluding hydrogens is 958 g/mol. The summed E-state index contributed by atoms with van der Waals surface area (Å²) in [4.78, 5) is 33.4. The fourth-order valence-electron chi connectivity index (χ4n) is 6.21. The van der Waals surface area contributed by atoms with Gasteiger partial charge in [-0.3, -0.25) is 23.4 Å². The summed E-state index contributed by atoms with van der Waals surface area (Å²) in [6, 6.07) is 11.8. The minimum Gasteiger partial charge on any atom is -0.496 e. The molecule has 8 aromatic rings. The lowest BCUT2D eigenvalue weighted by Gasteiger charge is -2.16. The minimum atomic E-state index is -4.79. The van der Waals surface area contributed by atoms with E-state index in [9.17, 15) is 35.9 Å². The van der Waals surface area contributed by atoms with Gasteiger partial charge in [-0.1, -0.05) is 15.9 Å². The first-order valence-corrected chi connectivity index (χ1v) is 19.5. The molecule has 6 aromatic heterocycles. The van der Waals surface area contributed by atoms with Crippen LogP contribution in [0.5, 0.6) is 23.0 Å². The first-order valence-electron chi connectivity index (χ1n) is 24.7. The number of aromatic nitrogens is 8. The van der Waals surface area contributed by atoms with Gasteiger partial charge in [0.05, 0.1) is 68.9 Å². The zero-order chi connectivity index (χ0) is 58.6. The Hall–Kier alpha value is -7.56. The normalized spacial score (nSPS) is 14.7. The molecule has 0 aliphatic heterocycles. The van der Waals surface area contributed by atoms with E-state index in [1.807, 2.05) is 36.2 Å². The van der Waals surface area contributed by atoms with E-state index in [4.69, 9.17) is 25.9 Å². The fraction of sp³-hybridized carbons (Fsp3) is 0.227. The van der Waals surface area contributed by atoms with Crippen molar-refractivity contribution in [3.05, 3.63) is 120 Å². The van der Waals surface area contributed by atoms with Crippen LogP contribution in [0, 0.1) is 0 Å². The zero-order valence-corrected chi connectivity index (χ0v) is 36.0. The van der Waals surface area contributed by atoms with Crippen LogP contribution in [0.2, 0.25) is 0 Å². The van der Waals surface area contributed by atoms with Gasteiger partial charge in [0.15, 0.2) is 0 Å². The number of alkyl halides is 6. The van der Waals surface area contributed by atoms with Crippen molar-refractivity contribution >= 4 is 39.0 Å². The van der Waals surface area contributed by atoms with Gasteiger partial charge in [-0.25, -0.2) is 9.97 Å². The average molecular weight is 1010 g/mol. The van der Waals surface area contributed by atoms with Crippen LogP contribution in [-0.4, -0.2) is 104 Å². The third-order valence-electron chi connectivity index (χ3n) is 9.17. The molecule has 6 heterocycles. The smallest absolute Gasteiger partial charge is 0.405 e. The van der Waals surface area contributed by atoms with Crippen LogP contribution in [0.3, 0.4) is 0 Å². The van der Waals surface area contributed by atoms with Crippen LogP contribution in [0.15, 0.2) is 109 Å².